The van der Waals surface area contributed by atoms with Crippen LogP contribution in [-0.2, 0) is 25.7 Å². The number of fused-ring (bicyclic) bond motifs is 3. The molecule has 0 saturated carbocycles. The molecule has 0 spiro atoms. The quantitative estimate of drug-likeness (QED) is 0.918. The van der Waals surface area contributed by atoms with Gasteiger partial charge in [0, 0.05) is 24.8 Å². The number of nitrogens with zero attached hydrogens (tertiary/aromatic N) is 2. The molecule has 1 aromatic carbocycles. The molecule has 0 radical (unpaired) electrons. The van der Waals surface area contributed by atoms with Gasteiger partial charge in [-0.25, -0.2) is 4.98 Å². The Hall–Kier alpha value is -1.82. The van der Waals surface area contributed by atoms with E-state index in [0.29, 0.717) is 12.4 Å². The van der Waals surface area contributed by atoms with Gasteiger partial charge in [0.2, 0.25) is 0 Å². The summed E-state index contributed by atoms with van der Waals surface area (Å²) in [5, 5.41) is 3.09. The van der Waals surface area contributed by atoms with Crippen LogP contribution in [-0.4, -0.2) is 16.6 Å². The molecular formula is C16H18F3N3. The van der Waals surface area contributed by atoms with Crippen molar-refractivity contribution in [2.24, 2.45) is 0 Å². The van der Waals surface area contributed by atoms with Gasteiger partial charge in [-0.15, -0.1) is 0 Å². The molecule has 2 heterocycles. The lowest BCUT2D eigenvalue weighted by Crippen LogP contribution is -2.08. The zero-order valence-corrected chi connectivity index (χ0v) is 12.4. The smallest absolute Gasteiger partial charge is 0.330 e. The number of aromatic nitrogens is 2. The Morgan fingerprint density at radius 2 is 2.09 bits per heavy atom. The second-order valence-electron chi connectivity index (χ2n) is 5.62. The number of benzene rings is 1. The van der Waals surface area contributed by atoms with Gasteiger partial charge >= 0.3 is 6.18 Å². The molecule has 0 aliphatic carbocycles. The standard InChI is InChI=1S/C16H18F3N3/c1-20-9-11-5-6-13-12(8-11)4-2-3-7-22-10-14(16(17,18)19)21-15(13)22/h5-6,8,10,20H,2-4,7,9H2,1H3. The molecule has 1 aromatic heterocycles. The zero-order chi connectivity index (χ0) is 15.7. The summed E-state index contributed by atoms with van der Waals surface area (Å²) in [4.78, 5) is 3.86. The van der Waals surface area contributed by atoms with Gasteiger partial charge in [-0.2, -0.15) is 13.2 Å². The second kappa shape index (κ2) is 5.76. The summed E-state index contributed by atoms with van der Waals surface area (Å²) in [6.45, 7) is 1.33. The van der Waals surface area contributed by atoms with E-state index in [2.05, 4.69) is 16.4 Å². The molecule has 2 aromatic rings. The molecule has 0 saturated heterocycles. The van der Waals surface area contributed by atoms with E-state index in [1.165, 1.54) is 0 Å². The number of halogens is 3. The van der Waals surface area contributed by atoms with Crippen LogP contribution >= 0.6 is 0 Å². The molecular weight excluding hydrogens is 291 g/mol. The minimum Gasteiger partial charge on any atom is -0.330 e. The first-order valence-electron chi connectivity index (χ1n) is 7.40. The summed E-state index contributed by atoms with van der Waals surface area (Å²) in [5.74, 6) is 0.429. The first-order chi connectivity index (χ1) is 10.5. The molecule has 22 heavy (non-hydrogen) atoms. The number of aryl methyl sites for hydroxylation is 2. The van der Waals surface area contributed by atoms with Crippen molar-refractivity contribution in [3.63, 3.8) is 0 Å². The summed E-state index contributed by atoms with van der Waals surface area (Å²) < 4.78 is 40.4. The highest BCUT2D eigenvalue weighted by Crippen LogP contribution is 2.34. The molecule has 3 nitrogen and oxygen atoms in total. The van der Waals surface area contributed by atoms with Crippen LogP contribution in [0, 0.1) is 0 Å². The monoisotopic (exact) mass is 309 g/mol. The van der Waals surface area contributed by atoms with Gasteiger partial charge in [0.15, 0.2) is 5.69 Å². The Balaban J connectivity index is 2.10. The fraction of sp³-hybridized carbons (Fsp3) is 0.438. The fourth-order valence-electron chi connectivity index (χ4n) is 2.92. The Bertz CT molecular complexity index is 674. The largest absolute Gasteiger partial charge is 0.434 e. The number of nitrogens with one attached hydrogen (secondary N) is 1. The molecule has 3 rings (SSSR count). The molecule has 1 aliphatic rings. The van der Waals surface area contributed by atoms with Crippen molar-refractivity contribution in [3.8, 4) is 11.4 Å². The highest BCUT2D eigenvalue weighted by atomic mass is 19.4. The molecule has 1 N–H and O–H groups in total. The lowest BCUT2D eigenvalue weighted by Gasteiger charge is -2.16. The third-order valence-electron chi connectivity index (χ3n) is 3.95. The van der Waals surface area contributed by atoms with Crippen molar-refractivity contribution in [2.75, 3.05) is 7.05 Å². The highest BCUT2D eigenvalue weighted by molar-refractivity contribution is 5.62. The maximum atomic E-state index is 12.9. The second-order valence-corrected chi connectivity index (χ2v) is 5.62. The van der Waals surface area contributed by atoms with Crippen LogP contribution < -0.4 is 5.32 Å². The molecule has 0 bridgehead atoms. The zero-order valence-electron chi connectivity index (χ0n) is 12.4. The number of hydrogen-bond acceptors (Lipinski definition) is 2. The average molecular weight is 309 g/mol. The van der Waals surface area contributed by atoms with E-state index in [4.69, 9.17) is 0 Å². The summed E-state index contributed by atoms with van der Waals surface area (Å²) in [6.07, 6.45) is -0.571. The molecule has 0 fully saturated rings. The van der Waals surface area contributed by atoms with E-state index in [9.17, 15) is 13.2 Å². The lowest BCUT2D eigenvalue weighted by molar-refractivity contribution is -0.140. The van der Waals surface area contributed by atoms with Crippen molar-refractivity contribution in [1.29, 1.82) is 0 Å². The predicted octanol–water partition coefficient (Wildman–Crippen LogP) is 3.62. The van der Waals surface area contributed by atoms with Crippen molar-refractivity contribution in [2.45, 2.75) is 38.5 Å². The molecule has 0 amide bonds. The van der Waals surface area contributed by atoms with E-state index in [-0.39, 0.29) is 0 Å². The Morgan fingerprint density at radius 3 is 2.82 bits per heavy atom. The molecule has 0 atom stereocenters. The summed E-state index contributed by atoms with van der Waals surface area (Å²) in [7, 11) is 1.87. The van der Waals surface area contributed by atoms with Gasteiger partial charge in [-0.3, -0.25) is 0 Å². The lowest BCUT2D eigenvalue weighted by atomic mass is 9.97. The SMILES string of the molecule is CNCc1ccc2c(c1)CCCCn1cc(C(F)(F)F)nc1-2. The van der Waals surface area contributed by atoms with Crippen LogP contribution in [0.25, 0.3) is 11.4 Å². The third-order valence-corrected chi connectivity index (χ3v) is 3.95. The number of imidazole rings is 1. The van der Waals surface area contributed by atoms with Crippen LogP contribution in [0.15, 0.2) is 24.4 Å². The van der Waals surface area contributed by atoms with Crippen LogP contribution in [0.2, 0.25) is 0 Å². The van der Waals surface area contributed by atoms with Crippen molar-refractivity contribution < 1.29 is 13.2 Å². The maximum absolute atomic E-state index is 12.9. The fourth-order valence-corrected chi connectivity index (χ4v) is 2.92. The summed E-state index contributed by atoms with van der Waals surface area (Å²) in [5.41, 5.74) is 2.22. The first kappa shape index (κ1) is 15.1. The van der Waals surface area contributed by atoms with Gasteiger partial charge in [-0.1, -0.05) is 18.2 Å². The van der Waals surface area contributed by atoms with Gasteiger partial charge in [0.1, 0.15) is 5.82 Å². The van der Waals surface area contributed by atoms with Crippen LogP contribution in [0.5, 0.6) is 0 Å². The van der Waals surface area contributed by atoms with E-state index in [1.54, 1.807) is 4.57 Å². The minimum absolute atomic E-state index is 0.429. The summed E-state index contributed by atoms with van der Waals surface area (Å²) in [6, 6.07) is 5.92. The normalized spacial score (nSPS) is 14.9. The maximum Gasteiger partial charge on any atom is 0.434 e. The Kier molecular flexibility index (Phi) is 3.95. The van der Waals surface area contributed by atoms with Gasteiger partial charge in [-0.05, 0) is 37.4 Å². The van der Waals surface area contributed by atoms with Crippen LogP contribution in [0.1, 0.15) is 29.7 Å². The first-order valence-corrected chi connectivity index (χ1v) is 7.40. The van der Waals surface area contributed by atoms with E-state index in [0.717, 1.165) is 48.7 Å². The van der Waals surface area contributed by atoms with Crippen LogP contribution in [0.3, 0.4) is 0 Å². The van der Waals surface area contributed by atoms with Gasteiger partial charge in [0.05, 0.1) is 0 Å². The number of alkyl halides is 3. The van der Waals surface area contributed by atoms with Crippen molar-refractivity contribution >= 4 is 0 Å². The number of hydrogen-bond donors (Lipinski definition) is 1. The van der Waals surface area contributed by atoms with E-state index in [1.807, 2.05) is 19.2 Å². The Labute approximate surface area is 127 Å². The van der Waals surface area contributed by atoms with Crippen molar-refractivity contribution in [3.05, 3.63) is 41.2 Å². The van der Waals surface area contributed by atoms with Gasteiger partial charge < -0.3 is 9.88 Å². The third kappa shape index (κ3) is 2.88. The summed E-state index contributed by atoms with van der Waals surface area (Å²) >= 11 is 0. The topological polar surface area (TPSA) is 29.9 Å². The minimum atomic E-state index is -4.40. The highest BCUT2D eigenvalue weighted by Gasteiger charge is 2.35. The van der Waals surface area contributed by atoms with Crippen LogP contribution in [0.4, 0.5) is 13.2 Å². The molecule has 118 valence electrons. The van der Waals surface area contributed by atoms with E-state index < -0.39 is 11.9 Å². The van der Waals surface area contributed by atoms with Gasteiger partial charge in [0.25, 0.3) is 0 Å². The average Bonchev–Trinajstić information content (AvgIpc) is 2.85. The molecule has 6 heteroatoms. The van der Waals surface area contributed by atoms with E-state index >= 15 is 0 Å². The predicted molar refractivity (Wildman–Crippen MR) is 78.4 cm³/mol. The Morgan fingerprint density at radius 1 is 1.27 bits per heavy atom. The molecule has 0 unspecified atom stereocenters. The number of rotatable bonds is 2. The molecule has 1 aliphatic heterocycles. The van der Waals surface area contributed by atoms with Crippen molar-refractivity contribution in [1.82, 2.24) is 14.9 Å².